The Bertz CT molecular complexity index is 1490. The lowest BCUT2D eigenvalue weighted by Gasteiger charge is -2.15. The number of hydrogen-bond donors (Lipinski definition) is 2. The predicted octanol–water partition coefficient (Wildman–Crippen LogP) is 5.10. The molecule has 2 N–H and O–H groups in total. The lowest BCUT2D eigenvalue weighted by Crippen LogP contribution is -2.22. The molecule has 0 fully saturated rings. The first-order valence-electron chi connectivity index (χ1n) is 11.5. The van der Waals surface area contributed by atoms with Gasteiger partial charge in [0.25, 0.3) is 0 Å². The third-order valence-corrected chi connectivity index (χ3v) is 6.17. The zero-order chi connectivity index (χ0) is 25.2. The summed E-state index contributed by atoms with van der Waals surface area (Å²) in [6, 6.07) is 19.2. The van der Waals surface area contributed by atoms with Gasteiger partial charge in [0, 0.05) is 37.1 Å². The maximum Gasteiger partial charge on any atom is 0.303 e. The molecule has 1 amide bonds. The number of imidazole rings is 1. The van der Waals surface area contributed by atoms with Gasteiger partial charge < -0.3 is 15.0 Å². The Morgan fingerprint density at radius 3 is 2.67 bits per heavy atom. The molecule has 0 radical (unpaired) electrons. The molecule has 8 heteroatoms. The largest absolute Gasteiger partial charge is 0.481 e. The fourth-order valence-electron chi connectivity index (χ4n) is 4.41. The molecule has 0 saturated carbocycles. The van der Waals surface area contributed by atoms with E-state index in [-0.39, 0.29) is 12.3 Å². The Morgan fingerprint density at radius 1 is 1.14 bits per heavy atom. The monoisotopic (exact) mass is 482 g/mol. The fraction of sp³-hybridized carbons (Fsp3) is 0.143. The van der Waals surface area contributed by atoms with E-state index < -0.39 is 17.7 Å². The van der Waals surface area contributed by atoms with Crippen LogP contribution < -0.4 is 5.32 Å². The normalized spacial score (nSPS) is 15.0. The van der Waals surface area contributed by atoms with E-state index in [1.807, 2.05) is 66.3 Å². The summed E-state index contributed by atoms with van der Waals surface area (Å²) >= 11 is 0. The zero-order valence-electron chi connectivity index (χ0n) is 19.5. The highest BCUT2D eigenvalue weighted by molar-refractivity contribution is 6.24. The van der Waals surface area contributed by atoms with Gasteiger partial charge >= 0.3 is 5.97 Å². The molecular weight excluding hydrogens is 459 g/mol. The molecule has 3 aromatic carbocycles. The van der Waals surface area contributed by atoms with E-state index in [0.29, 0.717) is 34.6 Å². The molecule has 1 unspecified atom stereocenters. The van der Waals surface area contributed by atoms with Crippen LogP contribution in [0, 0.1) is 5.82 Å². The third-order valence-electron chi connectivity index (χ3n) is 6.17. The van der Waals surface area contributed by atoms with Gasteiger partial charge in [0.15, 0.2) is 0 Å². The summed E-state index contributed by atoms with van der Waals surface area (Å²) < 4.78 is 15.8. The number of fused-ring (bicyclic) bond motifs is 1. The number of hydrogen-bond acceptors (Lipinski definition) is 4. The van der Waals surface area contributed by atoms with E-state index in [2.05, 4.69) is 10.3 Å². The van der Waals surface area contributed by atoms with Gasteiger partial charge in [-0.25, -0.2) is 9.37 Å². The fourth-order valence-corrected chi connectivity index (χ4v) is 4.41. The number of aliphatic imine (C=N–C) groups is 1. The summed E-state index contributed by atoms with van der Waals surface area (Å²) in [6.07, 6.45) is 3.95. The van der Waals surface area contributed by atoms with Gasteiger partial charge in [-0.15, -0.1) is 0 Å². The standard InChI is InChI=1S/C28H23FN4O3/c1-33-14-13-30-27(33)18-6-9-21(10-7-18)31-26(19-4-2-3-17(15-19)5-12-24(34)35)25-22-11-8-20(29)16-23(22)32-28(25)36/h2-4,6-11,13-16,25H,5,12H2,1H3,(H,32,36)(H,34,35). The summed E-state index contributed by atoms with van der Waals surface area (Å²) in [6.45, 7) is 0. The van der Waals surface area contributed by atoms with Crippen LogP contribution in [-0.2, 0) is 23.1 Å². The van der Waals surface area contributed by atoms with Crippen LogP contribution in [0.25, 0.3) is 11.4 Å². The highest BCUT2D eigenvalue weighted by Crippen LogP contribution is 2.37. The summed E-state index contributed by atoms with van der Waals surface area (Å²) in [5.41, 5.74) is 4.65. The highest BCUT2D eigenvalue weighted by atomic mass is 19.1. The first-order valence-corrected chi connectivity index (χ1v) is 11.5. The Labute approximate surface area is 207 Å². The number of benzene rings is 3. The maximum atomic E-state index is 13.8. The van der Waals surface area contributed by atoms with Crippen molar-refractivity contribution in [1.82, 2.24) is 9.55 Å². The molecule has 7 nitrogen and oxygen atoms in total. The minimum Gasteiger partial charge on any atom is -0.481 e. The number of nitrogens with zero attached hydrogens (tertiary/aromatic N) is 3. The molecule has 1 aliphatic heterocycles. The molecule has 2 heterocycles. The topological polar surface area (TPSA) is 96.6 Å². The van der Waals surface area contributed by atoms with Crippen LogP contribution in [0.5, 0.6) is 0 Å². The minimum atomic E-state index is -0.881. The molecule has 4 aromatic rings. The van der Waals surface area contributed by atoms with Crippen LogP contribution in [0.15, 0.2) is 84.1 Å². The van der Waals surface area contributed by atoms with Crippen molar-refractivity contribution in [1.29, 1.82) is 0 Å². The Kier molecular flexibility index (Phi) is 6.16. The van der Waals surface area contributed by atoms with Gasteiger partial charge in [0.2, 0.25) is 5.91 Å². The van der Waals surface area contributed by atoms with Crippen molar-refractivity contribution in [2.24, 2.45) is 12.0 Å². The predicted molar refractivity (Wildman–Crippen MR) is 135 cm³/mol. The second-order valence-corrected chi connectivity index (χ2v) is 8.65. The smallest absolute Gasteiger partial charge is 0.303 e. The number of rotatable bonds is 7. The number of aliphatic carboxylic acids is 1. The van der Waals surface area contributed by atoms with Crippen LogP contribution in [0.4, 0.5) is 15.8 Å². The molecule has 36 heavy (non-hydrogen) atoms. The van der Waals surface area contributed by atoms with Gasteiger partial charge in [-0.3, -0.25) is 14.6 Å². The zero-order valence-corrected chi connectivity index (χ0v) is 19.5. The molecular formula is C28H23FN4O3. The van der Waals surface area contributed by atoms with E-state index in [9.17, 15) is 14.0 Å². The molecule has 180 valence electrons. The van der Waals surface area contributed by atoms with Crippen LogP contribution >= 0.6 is 0 Å². The summed E-state index contributed by atoms with van der Waals surface area (Å²) in [5, 5.41) is 11.8. The van der Waals surface area contributed by atoms with Crippen molar-refractivity contribution >= 4 is 29.0 Å². The first kappa shape index (κ1) is 23.2. The second-order valence-electron chi connectivity index (χ2n) is 8.65. The van der Waals surface area contributed by atoms with Crippen LogP contribution in [-0.4, -0.2) is 32.2 Å². The molecule has 5 rings (SSSR count). The molecule has 0 aliphatic carbocycles. The number of carbonyl (C=O) groups excluding carboxylic acids is 1. The molecule has 0 bridgehead atoms. The Balaban J connectivity index is 1.58. The van der Waals surface area contributed by atoms with Crippen LogP contribution in [0.1, 0.15) is 29.0 Å². The third kappa shape index (κ3) is 4.65. The van der Waals surface area contributed by atoms with Crippen molar-refractivity contribution in [3.8, 4) is 11.4 Å². The first-order chi connectivity index (χ1) is 17.4. The number of carboxylic acid groups (broad SMARTS) is 1. The van der Waals surface area contributed by atoms with E-state index in [1.165, 1.54) is 12.1 Å². The Hall–Kier alpha value is -4.59. The SMILES string of the molecule is Cn1ccnc1-c1ccc(N=C(c2cccc(CCC(=O)O)c2)C2C(=O)Nc3cc(F)ccc32)cc1. The van der Waals surface area contributed by atoms with Crippen LogP contribution in [0.3, 0.4) is 0 Å². The van der Waals surface area contributed by atoms with Gasteiger partial charge in [0.05, 0.1) is 11.4 Å². The number of aromatic nitrogens is 2. The molecule has 0 spiro atoms. The Morgan fingerprint density at radius 2 is 1.94 bits per heavy atom. The molecule has 1 atom stereocenters. The number of anilines is 1. The number of carbonyl (C=O) groups is 2. The average molecular weight is 483 g/mol. The van der Waals surface area contributed by atoms with Crippen molar-refractivity contribution in [3.63, 3.8) is 0 Å². The van der Waals surface area contributed by atoms with Crippen molar-refractivity contribution < 1.29 is 19.1 Å². The van der Waals surface area contributed by atoms with Gasteiger partial charge in [-0.1, -0.05) is 24.3 Å². The number of carboxylic acids is 1. The average Bonchev–Trinajstić information content (AvgIpc) is 3.43. The maximum absolute atomic E-state index is 13.8. The van der Waals surface area contributed by atoms with Gasteiger partial charge in [-0.05, 0) is 65.6 Å². The lowest BCUT2D eigenvalue weighted by atomic mass is 9.89. The van der Waals surface area contributed by atoms with Crippen molar-refractivity contribution in [2.75, 3.05) is 5.32 Å². The number of amides is 1. The van der Waals surface area contributed by atoms with Crippen molar-refractivity contribution in [3.05, 3.63) is 102 Å². The van der Waals surface area contributed by atoms with E-state index in [4.69, 9.17) is 10.1 Å². The van der Waals surface area contributed by atoms with E-state index in [0.717, 1.165) is 17.0 Å². The second kappa shape index (κ2) is 9.58. The minimum absolute atomic E-state index is 0.00337. The quantitative estimate of drug-likeness (QED) is 0.358. The lowest BCUT2D eigenvalue weighted by molar-refractivity contribution is -0.137. The summed E-state index contributed by atoms with van der Waals surface area (Å²) in [7, 11) is 1.92. The van der Waals surface area contributed by atoms with Crippen LogP contribution in [0.2, 0.25) is 0 Å². The molecule has 0 saturated heterocycles. The van der Waals surface area contributed by atoms with E-state index in [1.54, 1.807) is 12.3 Å². The van der Waals surface area contributed by atoms with Gasteiger partial charge in [-0.2, -0.15) is 0 Å². The molecule has 1 aliphatic rings. The highest BCUT2D eigenvalue weighted by Gasteiger charge is 2.35. The van der Waals surface area contributed by atoms with Gasteiger partial charge in [0.1, 0.15) is 17.6 Å². The molecule has 1 aromatic heterocycles. The number of halogens is 1. The number of nitrogens with one attached hydrogen (secondary N) is 1. The summed E-state index contributed by atoms with van der Waals surface area (Å²) in [4.78, 5) is 33.4. The van der Waals surface area contributed by atoms with Crippen molar-refractivity contribution in [2.45, 2.75) is 18.8 Å². The number of aryl methyl sites for hydroxylation is 2. The van der Waals surface area contributed by atoms with E-state index >= 15 is 0 Å². The summed E-state index contributed by atoms with van der Waals surface area (Å²) in [5.74, 6) is -1.54.